The molecule has 0 unspecified atom stereocenters. The highest BCUT2D eigenvalue weighted by atomic mass is 32.2. The number of carbonyl (C=O) groups is 1. The second-order valence-corrected chi connectivity index (χ2v) is 6.13. The molecule has 0 fully saturated rings. The van der Waals surface area contributed by atoms with E-state index in [1.807, 2.05) is 0 Å². The van der Waals surface area contributed by atoms with Gasteiger partial charge < -0.3 is 4.74 Å². The van der Waals surface area contributed by atoms with Crippen molar-refractivity contribution in [1.29, 1.82) is 0 Å². The van der Waals surface area contributed by atoms with Gasteiger partial charge in [0, 0.05) is 6.42 Å². The van der Waals surface area contributed by atoms with Crippen LogP contribution in [-0.4, -0.2) is 27.2 Å². The summed E-state index contributed by atoms with van der Waals surface area (Å²) < 4.78 is 28.3. The standard InChI is InChI=1S/C13H18O4S/c1-17-13(14)10-6-3-7-11-18(15,16)12-8-4-2-5-9-12/h2,4-5,8-9H,3,6-7,10-11H2,1H3. The minimum atomic E-state index is -3.18. The number of benzene rings is 1. The van der Waals surface area contributed by atoms with Crippen molar-refractivity contribution in [1.82, 2.24) is 0 Å². The van der Waals surface area contributed by atoms with Crippen LogP contribution < -0.4 is 0 Å². The molecular formula is C13H18O4S. The molecule has 0 saturated carbocycles. The minimum Gasteiger partial charge on any atom is -0.469 e. The second kappa shape index (κ2) is 7.16. The van der Waals surface area contributed by atoms with Crippen LogP contribution in [0.25, 0.3) is 0 Å². The van der Waals surface area contributed by atoms with Crippen LogP contribution in [0.2, 0.25) is 0 Å². The molecule has 1 rings (SSSR count). The Morgan fingerprint density at radius 2 is 1.78 bits per heavy atom. The third-order valence-electron chi connectivity index (χ3n) is 2.62. The van der Waals surface area contributed by atoms with Crippen molar-refractivity contribution in [3.05, 3.63) is 30.3 Å². The predicted octanol–water partition coefficient (Wildman–Crippen LogP) is 2.19. The van der Waals surface area contributed by atoms with Crippen molar-refractivity contribution in [2.75, 3.05) is 12.9 Å². The summed E-state index contributed by atoms with van der Waals surface area (Å²) in [7, 11) is -1.83. The van der Waals surface area contributed by atoms with Crippen molar-refractivity contribution >= 4 is 15.8 Å². The quantitative estimate of drug-likeness (QED) is 0.563. The van der Waals surface area contributed by atoms with Crippen molar-refractivity contribution < 1.29 is 17.9 Å². The molecule has 0 aliphatic heterocycles. The van der Waals surface area contributed by atoms with E-state index in [9.17, 15) is 13.2 Å². The Balaban J connectivity index is 2.33. The molecule has 0 aliphatic carbocycles. The lowest BCUT2D eigenvalue weighted by molar-refractivity contribution is -0.140. The number of unbranched alkanes of at least 4 members (excludes halogenated alkanes) is 2. The summed E-state index contributed by atoms with van der Waals surface area (Å²) in [6.07, 6.45) is 2.29. The Hall–Kier alpha value is -1.36. The lowest BCUT2D eigenvalue weighted by atomic mass is 10.2. The highest BCUT2D eigenvalue weighted by molar-refractivity contribution is 7.91. The van der Waals surface area contributed by atoms with E-state index in [1.54, 1.807) is 30.3 Å². The van der Waals surface area contributed by atoms with E-state index in [4.69, 9.17) is 0 Å². The van der Waals surface area contributed by atoms with Crippen LogP contribution in [0.5, 0.6) is 0 Å². The highest BCUT2D eigenvalue weighted by Gasteiger charge is 2.12. The van der Waals surface area contributed by atoms with E-state index in [0.29, 0.717) is 30.6 Å². The van der Waals surface area contributed by atoms with Gasteiger partial charge in [-0.05, 0) is 25.0 Å². The molecule has 0 saturated heterocycles. The Labute approximate surface area is 108 Å². The van der Waals surface area contributed by atoms with E-state index in [0.717, 1.165) is 0 Å². The summed E-state index contributed by atoms with van der Waals surface area (Å²) in [4.78, 5) is 11.2. The fraction of sp³-hybridized carbons (Fsp3) is 0.462. The van der Waals surface area contributed by atoms with Crippen molar-refractivity contribution in [2.45, 2.75) is 30.6 Å². The zero-order valence-electron chi connectivity index (χ0n) is 10.5. The summed E-state index contributed by atoms with van der Waals surface area (Å²) in [6, 6.07) is 8.41. The summed E-state index contributed by atoms with van der Waals surface area (Å²) in [5, 5.41) is 0. The first kappa shape index (κ1) is 14.7. The molecule has 0 aromatic heterocycles. The third kappa shape index (κ3) is 4.87. The molecule has 1 aromatic rings. The molecule has 100 valence electrons. The number of sulfone groups is 1. The molecule has 1 aromatic carbocycles. The molecule has 0 atom stereocenters. The van der Waals surface area contributed by atoms with Crippen LogP contribution in [0.15, 0.2) is 35.2 Å². The largest absolute Gasteiger partial charge is 0.469 e. The lowest BCUT2D eigenvalue weighted by Gasteiger charge is -2.04. The number of carbonyl (C=O) groups excluding carboxylic acids is 1. The van der Waals surface area contributed by atoms with Gasteiger partial charge in [-0.2, -0.15) is 0 Å². The second-order valence-electron chi connectivity index (χ2n) is 4.02. The predicted molar refractivity (Wildman–Crippen MR) is 69.0 cm³/mol. The van der Waals surface area contributed by atoms with Crippen LogP contribution in [-0.2, 0) is 19.4 Å². The maximum Gasteiger partial charge on any atom is 0.305 e. The van der Waals surface area contributed by atoms with Gasteiger partial charge in [-0.3, -0.25) is 4.79 Å². The number of esters is 1. The molecule has 5 heteroatoms. The topological polar surface area (TPSA) is 60.4 Å². The smallest absolute Gasteiger partial charge is 0.305 e. The fourth-order valence-electron chi connectivity index (χ4n) is 1.59. The average Bonchev–Trinajstić information content (AvgIpc) is 2.39. The Morgan fingerprint density at radius 1 is 1.11 bits per heavy atom. The van der Waals surface area contributed by atoms with Gasteiger partial charge in [0.25, 0.3) is 0 Å². The molecule has 0 amide bonds. The number of hydrogen-bond acceptors (Lipinski definition) is 4. The summed E-state index contributed by atoms with van der Waals surface area (Å²) in [5.74, 6) is -0.126. The summed E-state index contributed by atoms with van der Waals surface area (Å²) >= 11 is 0. The molecule has 18 heavy (non-hydrogen) atoms. The molecule has 0 bridgehead atoms. The molecule has 0 spiro atoms. The van der Waals surface area contributed by atoms with Gasteiger partial charge in [0.15, 0.2) is 9.84 Å². The van der Waals surface area contributed by atoms with Gasteiger partial charge in [0.1, 0.15) is 0 Å². The van der Waals surface area contributed by atoms with E-state index >= 15 is 0 Å². The van der Waals surface area contributed by atoms with Gasteiger partial charge in [0.2, 0.25) is 0 Å². The third-order valence-corrected chi connectivity index (χ3v) is 4.44. The van der Waals surface area contributed by atoms with Crippen LogP contribution in [0.4, 0.5) is 0 Å². The number of methoxy groups -OCH3 is 1. The number of ether oxygens (including phenoxy) is 1. The van der Waals surface area contributed by atoms with Crippen molar-refractivity contribution in [2.24, 2.45) is 0 Å². The van der Waals surface area contributed by atoms with E-state index in [-0.39, 0.29) is 11.7 Å². The highest BCUT2D eigenvalue weighted by Crippen LogP contribution is 2.13. The summed E-state index contributed by atoms with van der Waals surface area (Å²) in [5.41, 5.74) is 0. The Bertz CT molecular complexity index is 465. The van der Waals surface area contributed by atoms with Crippen LogP contribution in [0.1, 0.15) is 25.7 Å². The van der Waals surface area contributed by atoms with E-state index in [1.165, 1.54) is 7.11 Å². The molecule has 4 nitrogen and oxygen atoms in total. The average molecular weight is 270 g/mol. The zero-order valence-corrected chi connectivity index (χ0v) is 11.3. The maximum absolute atomic E-state index is 11.9. The van der Waals surface area contributed by atoms with E-state index in [2.05, 4.69) is 4.74 Å². The number of hydrogen-bond donors (Lipinski definition) is 0. The van der Waals surface area contributed by atoms with Crippen LogP contribution >= 0.6 is 0 Å². The minimum absolute atomic E-state index is 0.123. The normalized spacial score (nSPS) is 11.2. The fourth-order valence-corrected chi connectivity index (χ4v) is 2.98. The first-order valence-electron chi connectivity index (χ1n) is 5.91. The van der Waals surface area contributed by atoms with Crippen molar-refractivity contribution in [3.63, 3.8) is 0 Å². The van der Waals surface area contributed by atoms with Crippen molar-refractivity contribution in [3.8, 4) is 0 Å². The van der Waals surface area contributed by atoms with Gasteiger partial charge in [-0.25, -0.2) is 8.42 Å². The van der Waals surface area contributed by atoms with E-state index < -0.39 is 9.84 Å². The molecule has 0 heterocycles. The van der Waals surface area contributed by atoms with Gasteiger partial charge in [-0.15, -0.1) is 0 Å². The summed E-state index contributed by atoms with van der Waals surface area (Å²) in [6.45, 7) is 0. The first-order chi connectivity index (χ1) is 8.56. The van der Waals surface area contributed by atoms with Gasteiger partial charge in [-0.1, -0.05) is 24.6 Å². The van der Waals surface area contributed by atoms with Gasteiger partial charge >= 0.3 is 5.97 Å². The Kier molecular flexibility index (Phi) is 5.85. The zero-order chi connectivity index (χ0) is 13.4. The number of rotatable bonds is 7. The lowest BCUT2D eigenvalue weighted by Crippen LogP contribution is -2.07. The van der Waals surface area contributed by atoms with Crippen LogP contribution in [0, 0.1) is 0 Å². The molecule has 0 radical (unpaired) electrons. The molecule has 0 N–H and O–H groups in total. The first-order valence-corrected chi connectivity index (χ1v) is 7.56. The monoisotopic (exact) mass is 270 g/mol. The Morgan fingerprint density at radius 3 is 2.39 bits per heavy atom. The SMILES string of the molecule is COC(=O)CCCCCS(=O)(=O)c1ccccc1. The van der Waals surface area contributed by atoms with Gasteiger partial charge in [0.05, 0.1) is 17.8 Å². The van der Waals surface area contributed by atoms with Crippen LogP contribution in [0.3, 0.4) is 0 Å². The molecule has 0 aliphatic rings. The molecular weight excluding hydrogens is 252 g/mol. The maximum atomic E-state index is 11.9.